The van der Waals surface area contributed by atoms with Gasteiger partial charge in [-0.2, -0.15) is 0 Å². The molecule has 4 heteroatoms. The Bertz CT molecular complexity index is 775. The second-order valence-electron chi connectivity index (χ2n) is 4.53. The van der Waals surface area contributed by atoms with Crippen molar-refractivity contribution in [2.24, 2.45) is 0 Å². The van der Waals surface area contributed by atoms with Crippen LogP contribution in [0.1, 0.15) is 17.2 Å². The standard InChI is InChI=1S/C16H11BrFNO/c17-13-6-5-11(8-14(13)18)16(20)12-4-3-10-2-1-7-19-15(10)9-12/h1-9,16,20H. The zero-order valence-electron chi connectivity index (χ0n) is 10.4. The van der Waals surface area contributed by atoms with E-state index in [1.165, 1.54) is 6.07 Å². The minimum absolute atomic E-state index is 0.383. The number of pyridine rings is 1. The first-order valence-electron chi connectivity index (χ1n) is 6.13. The lowest BCUT2D eigenvalue weighted by molar-refractivity contribution is 0.220. The van der Waals surface area contributed by atoms with Crippen LogP contribution in [-0.4, -0.2) is 10.1 Å². The van der Waals surface area contributed by atoms with Crippen LogP contribution in [0.4, 0.5) is 4.39 Å². The van der Waals surface area contributed by atoms with E-state index in [0.717, 1.165) is 10.9 Å². The van der Waals surface area contributed by atoms with E-state index in [4.69, 9.17) is 0 Å². The van der Waals surface area contributed by atoms with Crippen molar-refractivity contribution in [1.82, 2.24) is 4.98 Å². The van der Waals surface area contributed by atoms with Crippen LogP contribution in [0.3, 0.4) is 0 Å². The molecule has 100 valence electrons. The molecule has 1 N–H and O–H groups in total. The third-order valence-electron chi connectivity index (χ3n) is 3.21. The molecule has 1 atom stereocenters. The summed E-state index contributed by atoms with van der Waals surface area (Å²) in [5.41, 5.74) is 2.01. The lowest BCUT2D eigenvalue weighted by Gasteiger charge is -2.12. The van der Waals surface area contributed by atoms with Gasteiger partial charge in [-0.15, -0.1) is 0 Å². The maximum atomic E-state index is 13.5. The lowest BCUT2D eigenvalue weighted by Crippen LogP contribution is -2.00. The molecule has 0 amide bonds. The van der Waals surface area contributed by atoms with E-state index in [9.17, 15) is 9.50 Å². The first kappa shape index (κ1) is 13.2. The summed E-state index contributed by atoms with van der Waals surface area (Å²) in [7, 11) is 0. The Kier molecular flexibility index (Phi) is 3.51. The van der Waals surface area contributed by atoms with Gasteiger partial charge in [0.2, 0.25) is 0 Å². The summed E-state index contributed by atoms with van der Waals surface area (Å²) in [6.07, 6.45) is 0.835. The van der Waals surface area contributed by atoms with Gasteiger partial charge in [0.25, 0.3) is 0 Å². The monoisotopic (exact) mass is 331 g/mol. The highest BCUT2D eigenvalue weighted by Gasteiger charge is 2.13. The summed E-state index contributed by atoms with van der Waals surface area (Å²) in [5, 5.41) is 11.4. The molecule has 2 nitrogen and oxygen atoms in total. The molecule has 0 spiro atoms. The third-order valence-corrected chi connectivity index (χ3v) is 3.85. The van der Waals surface area contributed by atoms with Gasteiger partial charge in [-0.1, -0.05) is 24.3 Å². The quantitative estimate of drug-likeness (QED) is 0.762. The summed E-state index contributed by atoms with van der Waals surface area (Å²) in [4.78, 5) is 4.26. The van der Waals surface area contributed by atoms with E-state index < -0.39 is 6.10 Å². The minimum atomic E-state index is -0.871. The van der Waals surface area contributed by atoms with Crippen molar-refractivity contribution in [3.8, 4) is 0 Å². The van der Waals surface area contributed by atoms with Crippen molar-refractivity contribution in [2.75, 3.05) is 0 Å². The molecule has 3 aromatic rings. The van der Waals surface area contributed by atoms with Crippen LogP contribution in [0.15, 0.2) is 59.2 Å². The SMILES string of the molecule is OC(c1ccc(Br)c(F)c1)c1ccc2cccnc2c1. The first-order valence-corrected chi connectivity index (χ1v) is 6.92. The number of aromatic nitrogens is 1. The number of hydrogen-bond donors (Lipinski definition) is 1. The van der Waals surface area contributed by atoms with E-state index in [0.29, 0.717) is 15.6 Å². The predicted molar refractivity (Wildman–Crippen MR) is 79.9 cm³/mol. The molecule has 0 saturated carbocycles. The molecular formula is C16H11BrFNO. The second-order valence-corrected chi connectivity index (χ2v) is 5.39. The maximum absolute atomic E-state index is 13.5. The van der Waals surface area contributed by atoms with Gasteiger partial charge in [0.1, 0.15) is 11.9 Å². The molecule has 3 rings (SSSR count). The first-order chi connectivity index (χ1) is 9.65. The summed E-state index contributed by atoms with van der Waals surface area (Å²) in [6.45, 7) is 0. The fourth-order valence-electron chi connectivity index (χ4n) is 2.13. The van der Waals surface area contributed by atoms with Crippen LogP contribution in [0.25, 0.3) is 10.9 Å². The van der Waals surface area contributed by atoms with Crippen LogP contribution in [-0.2, 0) is 0 Å². The topological polar surface area (TPSA) is 33.1 Å². The Morgan fingerprint density at radius 1 is 1.05 bits per heavy atom. The molecule has 0 radical (unpaired) electrons. The Labute approximate surface area is 124 Å². The molecule has 0 bridgehead atoms. The molecule has 0 aliphatic rings. The van der Waals surface area contributed by atoms with Gasteiger partial charge in [0.05, 0.1) is 9.99 Å². The van der Waals surface area contributed by atoms with Gasteiger partial charge >= 0.3 is 0 Å². The summed E-state index contributed by atoms with van der Waals surface area (Å²) in [5.74, 6) is -0.388. The smallest absolute Gasteiger partial charge is 0.137 e. The Morgan fingerprint density at radius 2 is 1.80 bits per heavy atom. The van der Waals surface area contributed by atoms with E-state index in [1.807, 2.05) is 30.3 Å². The molecule has 0 fully saturated rings. The van der Waals surface area contributed by atoms with Gasteiger partial charge < -0.3 is 5.11 Å². The van der Waals surface area contributed by atoms with E-state index in [2.05, 4.69) is 20.9 Å². The van der Waals surface area contributed by atoms with E-state index in [-0.39, 0.29) is 5.82 Å². The van der Waals surface area contributed by atoms with Crippen molar-refractivity contribution in [1.29, 1.82) is 0 Å². The van der Waals surface area contributed by atoms with Crippen molar-refractivity contribution in [2.45, 2.75) is 6.10 Å². The van der Waals surface area contributed by atoms with Crippen LogP contribution >= 0.6 is 15.9 Å². The maximum Gasteiger partial charge on any atom is 0.137 e. The molecule has 20 heavy (non-hydrogen) atoms. The van der Waals surface area contributed by atoms with E-state index in [1.54, 1.807) is 18.3 Å². The number of aliphatic hydroxyl groups is 1. The summed E-state index contributed by atoms with van der Waals surface area (Å²) < 4.78 is 13.9. The fourth-order valence-corrected chi connectivity index (χ4v) is 2.38. The number of hydrogen-bond acceptors (Lipinski definition) is 2. The number of nitrogens with zero attached hydrogens (tertiary/aromatic N) is 1. The summed E-state index contributed by atoms with van der Waals surface area (Å²) in [6, 6.07) is 14.0. The third kappa shape index (κ3) is 2.44. The van der Waals surface area contributed by atoms with Gasteiger partial charge in [0, 0.05) is 11.6 Å². The Balaban J connectivity index is 2.02. The highest BCUT2D eigenvalue weighted by Crippen LogP contribution is 2.27. The highest BCUT2D eigenvalue weighted by molar-refractivity contribution is 9.10. The van der Waals surface area contributed by atoms with Crippen LogP contribution < -0.4 is 0 Å². The van der Waals surface area contributed by atoms with Crippen LogP contribution in [0, 0.1) is 5.82 Å². The van der Waals surface area contributed by atoms with Gasteiger partial charge in [-0.25, -0.2) is 4.39 Å². The zero-order valence-corrected chi connectivity index (χ0v) is 12.0. The van der Waals surface area contributed by atoms with Gasteiger partial charge in [0.15, 0.2) is 0 Å². The van der Waals surface area contributed by atoms with E-state index >= 15 is 0 Å². The largest absolute Gasteiger partial charge is 0.384 e. The van der Waals surface area contributed by atoms with Gasteiger partial charge in [-0.05, 0) is 51.3 Å². The molecule has 1 heterocycles. The number of fused-ring (bicyclic) bond motifs is 1. The van der Waals surface area contributed by atoms with Crippen molar-refractivity contribution in [3.05, 3.63) is 76.1 Å². The second kappa shape index (κ2) is 5.31. The van der Waals surface area contributed by atoms with Crippen molar-refractivity contribution < 1.29 is 9.50 Å². The molecule has 0 aliphatic carbocycles. The van der Waals surface area contributed by atoms with Gasteiger partial charge in [-0.3, -0.25) is 4.98 Å². The molecule has 0 saturated heterocycles. The molecule has 1 aromatic heterocycles. The predicted octanol–water partition coefficient (Wildman–Crippen LogP) is 4.22. The Morgan fingerprint density at radius 3 is 2.60 bits per heavy atom. The van der Waals surface area contributed by atoms with Crippen molar-refractivity contribution in [3.63, 3.8) is 0 Å². The van der Waals surface area contributed by atoms with Crippen molar-refractivity contribution >= 4 is 26.8 Å². The Hall–Kier alpha value is -1.78. The number of rotatable bonds is 2. The minimum Gasteiger partial charge on any atom is -0.384 e. The zero-order chi connectivity index (χ0) is 14.1. The molecule has 2 aromatic carbocycles. The van der Waals surface area contributed by atoms with Crippen LogP contribution in [0.5, 0.6) is 0 Å². The summed E-state index contributed by atoms with van der Waals surface area (Å²) >= 11 is 3.10. The molecule has 0 aliphatic heterocycles. The number of benzene rings is 2. The van der Waals surface area contributed by atoms with Crippen LogP contribution in [0.2, 0.25) is 0 Å². The highest BCUT2D eigenvalue weighted by atomic mass is 79.9. The average Bonchev–Trinajstić information content (AvgIpc) is 2.49. The lowest BCUT2D eigenvalue weighted by atomic mass is 10.00. The molecular weight excluding hydrogens is 321 g/mol. The average molecular weight is 332 g/mol. The fraction of sp³-hybridized carbons (Fsp3) is 0.0625. The normalized spacial score (nSPS) is 12.6. The molecule has 1 unspecified atom stereocenters. The number of halogens is 2. The number of aliphatic hydroxyl groups excluding tert-OH is 1.